The van der Waals surface area contributed by atoms with Crippen molar-refractivity contribution in [3.63, 3.8) is 0 Å². The highest BCUT2D eigenvalue weighted by Gasteiger charge is 2.15. The first-order chi connectivity index (χ1) is 9.06. The molecule has 1 aliphatic rings. The molecule has 104 valence electrons. The number of hydrogen-bond donors (Lipinski definition) is 1. The molecule has 3 nitrogen and oxygen atoms in total. The van der Waals surface area contributed by atoms with E-state index in [4.69, 9.17) is 4.74 Å². The second-order valence-electron chi connectivity index (χ2n) is 5.41. The summed E-state index contributed by atoms with van der Waals surface area (Å²) in [5.41, 5.74) is 3.04. The molecule has 0 saturated carbocycles. The third-order valence-electron chi connectivity index (χ3n) is 3.19. The Kier molecular flexibility index (Phi) is 4.99. The van der Waals surface area contributed by atoms with E-state index in [-0.39, 0.29) is 5.91 Å². The molecule has 1 atom stereocenters. The van der Waals surface area contributed by atoms with Crippen LogP contribution in [0.1, 0.15) is 41.8 Å². The minimum Gasteiger partial charge on any atom is -0.372 e. The molecule has 2 rings (SSSR count). The van der Waals surface area contributed by atoms with Crippen LogP contribution < -0.4 is 5.32 Å². The highest BCUT2D eigenvalue weighted by Crippen LogP contribution is 2.20. The predicted octanol–water partition coefficient (Wildman–Crippen LogP) is 3.26. The van der Waals surface area contributed by atoms with Crippen molar-refractivity contribution in [1.82, 2.24) is 5.32 Å². The van der Waals surface area contributed by atoms with Gasteiger partial charge in [0.05, 0.1) is 13.2 Å². The van der Waals surface area contributed by atoms with E-state index in [1.807, 2.05) is 18.2 Å². The summed E-state index contributed by atoms with van der Waals surface area (Å²) in [5, 5.41) is 2.97. The van der Waals surface area contributed by atoms with Crippen molar-refractivity contribution >= 4 is 21.8 Å². The van der Waals surface area contributed by atoms with Crippen LogP contribution in [0.3, 0.4) is 0 Å². The first kappa shape index (κ1) is 14.5. The Balaban J connectivity index is 1.90. The van der Waals surface area contributed by atoms with Gasteiger partial charge in [-0.1, -0.05) is 35.8 Å². The third-order valence-corrected chi connectivity index (χ3v) is 3.89. The zero-order chi connectivity index (χ0) is 13.8. The monoisotopic (exact) mass is 325 g/mol. The summed E-state index contributed by atoms with van der Waals surface area (Å²) in [5.74, 6) is 0.612. The summed E-state index contributed by atoms with van der Waals surface area (Å²) in [6.45, 7) is 6.29. The van der Waals surface area contributed by atoms with Crippen LogP contribution in [0.25, 0.3) is 0 Å². The van der Waals surface area contributed by atoms with Crippen LogP contribution in [0.4, 0.5) is 0 Å². The number of carbonyl (C=O) groups is 1. The number of fused-ring (bicyclic) bond motifs is 1. The number of nitrogens with one attached hydrogen (secondary N) is 1. The fourth-order valence-corrected chi connectivity index (χ4v) is 3.12. The van der Waals surface area contributed by atoms with E-state index >= 15 is 0 Å². The quantitative estimate of drug-likeness (QED) is 0.844. The van der Waals surface area contributed by atoms with Gasteiger partial charge in [0.15, 0.2) is 0 Å². The van der Waals surface area contributed by atoms with Crippen molar-refractivity contribution in [2.75, 3.05) is 6.54 Å². The second-order valence-corrected chi connectivity index (χ2v) is 6.71. The molecule has 1 heterocycles. The average Bonchev–Trinajstić information content (AvgIpc) is 2.82. The van der Waals surface area contributed by atoms with E-state index in [2.05, 4.69) is 35.1 Å². The molecule has 0 spiro atoms. The Hall–Kier alpha value is -0.870. The lowest BCUT2D eigenvalue weighted by molar-refractivity contribution is 0.0953. The van der Waals surface area contributed by atoms with Crippen molar-refractivity contribution in [2.45, 2.75) is 38.3 Å². The van der Waals surface area contributed by atoms with Gasteiger partial charge in [0, 0.05) is 16.9 Å². The number of halogens is 1. The molecule has 1 amide bonds. The Labute approximate surface area is 122 Å². The fourth-order valence-electron chi connectivity index (χ4n) is 2.21. The number of hydrogen-bond acceptors (Lipinski definition) is 2. The zero-order valence-corrected chi connectivity index (χ0v) is 13.0. The molecular weight excluding hydrogens is 306 g/mol. The van der Waals surface area contributed by atoms with Gasteiger partial charge in [-0.2, -0.15) is 0 Å². The standard InChI is InChI=1S/C15H20BrNO2/c1-10(2)5-14(16)7-17-15(18)11-3-4-12-8-19-9-13(12)6-11/h3-4,6,10,14H,5,7-9H2,1-2H3,(H,17,18). The van der Waals surface area contributed by atoms with Crippen LogP contribution in [-0.2, 0) is 18.0 Å². The molecule has 1 aromatic carbocycles. The Morgan fingerprint density at radius 1 is 1.37 bits per heavy atom. The van der Waals surface area contributed by atoms with Gasteiger partial charge in [0.2, 0.25) is 0 Å². The second kappa shape index (κ2) is 6.53. The Morgan fingerprint density at radius 2 is 2.11 bits per heavy atom. The van der Waals surface area contributed by atoms with E-state index in [9.17, 15) is 4.79 Å². The number of alkyl halides is 1. The third kappa shape index (κ3) is 4.05. The molecule has 0 aliphatic carbocycles. The minimum atomic E-state index is -0.0112. The van der Waals surface area contributed by atoms with Gasteiger partial charge in [-0.05, 0) is 35.6 Å². The normalized spacial score (nSPS) is 15.4. The van der Waals surface area contributed by atoms with Crippen molar-refractivity contribution in [1.29, 1.82) is 0 Å². The van der Waals surface area contributed by atoms with Gasteiger partial charge in [-0.3, -0.25) is 4.79 Å². The number of amides is 1. The topological polar surface area (TPSA) is 38.3 Å². The maximum Gasteiger partial charge on any atom is 0.251 e. The van der Waals surface area contributed by atoms with Crippen molar-refractivity contribution < 1.29 is 9.53 Å². The first-order valence-electron chi connectivity index (χ1n) is 6.68. The molecule has 0 fully saturated rings. The van der Waals surface area contributed by atoms with E-state index < -0.39 is 0 Å². The molecule has 19 heavy (non-hydrogen) atoms. The van der Waals surface area contributed by atoms with Gasteiger partial charge < -0.3 is 10.1 Å². The van der Waals surface area contributed by atoms with E-state index in [0.29, 0.717) is 36.1 Å². The maximum absolute atomic E-state index is 12.1. The maximum atomic E-state index is 12.1. The van der Waals surface area contributed by atoms with Crippen LogP contribution in [0, 0.1) is 5.92 Å². The molecule has 1 aliphatic heterocycles. The van der Waals surface area contributed by atoms with Gasteiger partial charge in [-0.15, -0.1) is 0 Å². The number of benzene rings is 1. The molecule has 1 unspecified atom stereocenters. The molecule has 0 bridgehead atoms. The molecule has 0 aromatic heterocycles. The highest BCUT2D eigenvalue weighted by molar-refractivity contribution is 9.09. The van der Waals surface area contributed by atoms with Crippen molar-refractivity contribution in [3.05, 3.63) is 34.9 Å². The number of rotatable bonds is 5. The van der Waals surface area contributed by atoms with Gasteiger partial charge in [0.25, 0.3) is 5.91 Å². The van der Waals surface area contributed by atoms with E-state index in [1.165, 1.54) is 5.56 Å². The predicted molar refractivity (Wildman–Crippen MR) is 79.4 cm³/mol. The fraction of sp³-hybridized carbons (Fsp3) is 0.533. The smallest absolute Gasteiger partial charge is 0.251 e. The van der Waals surface area contributed by atoms with Crippen LogP contribution in [0.2, 0.25) is 0 Å². The molecular formula is C15H20BrNO2. The lowest BCUT2D eigenvalue weighted by Crippen LogP contribution is -2.30. The summed E-state index contributed by atoms with van der Waals surface area (Å²) in [4.78, 5) is 12.4. The van der Waals surface area contributed by atoms with Crippen LogP contribution in [0.15, 0.2) is 18.2 Å². The zero-order valence-electron chi connectivity index (χ0n) is 11.4. The SMILES string of the molecule is CC(C)CC(Br)CNC(=O)c1ccc2c(c1)COC2. The summed E-state index contributed by atoms with van der Waals surface area (Å²) < 4.78 is 5.35. The summed E-state index contributed by atoms with van der Waals surface area (Å²) in [6, 6.07) is 5.79. The van der Waals surface area contributed by atoms with E-state index in [0.717, 1.165) is 12.0 Å². The molecule has 0 saturated heterocycles. The largest absolute Gasteiger partial charge is 0.372 e. The number of ether oxygens (including phenoxy) is 1. The summed E-state index contributed by atoms with van der Waals surface area (Å²) in [6.07, 6.45) is 1.05. The van der Waals surface area contributed by atoms with Crippen LogP contribution in [-0.4, -0.2) is 17.3 Å². The van der Waals surface area contributed by atoms with Crippen molar-refractivity contribution in [3.8, 4) is 0 Å². The number of carbonyl (C=O) groups excluding carboxylic acids is 1. The summed E-state index contributed by atoms with van der Waals surface area (Å²) >= 11 is 3.59. The Bertz CT molecular complexity index is 459. The van der Waals surface area contributed by atoms with E-state index in [1.54, 1.807) is 0 Å². The average molecular weight is 326 g/mol. The molecule has 0 radical (unpaired) electrons. The molecule has 4 heteroatoms. The van der Waals surface area contributed by atoms with Crippen LogP contribution in [0.5, 0.6) is 0 Å². The molecule has 1 N–H and O–H groups in total. The summed E-state index contributed by atoms with van der Waals surface area (Å²) in [7, 11) is 0. The Morgan fingerprint density at radius 3 is 2.84 bits per heavy atom. The van der Waals surface area contributed by atoms with Crippen molar-refractivity contribution in [2.24, 2.45) is 5.92 Å². The lowest BCUT2D eigenvalue weighted by Gasteiger charge is -2.13. The van der Waals surface area contributed by atoms with Crippen LogP contribution >= 0.6 is 15.9 Å². The highest BCUT2D eigenvalue weighted by atomic mass is 79.9. The first-order valence-corrected chi connectivity index (χ1v) is 7.59. The van der Waals surface area contributed by atoms with Gasteiger partial charge >= 0.3 is 0 Å². The van der Waals surface area contributed by atoms with Gasteiger partial charge in [-0.25, -0.2) is 0 Å². The molecule has 1 aromatic rings. The van der Waals surface area contributed by atoms with Gasteiger partial charge in [0.1, 0.15) is 0 Å². The lowest BCUT2D eigenvalue weighted by atomic mass is 10.1. The minimum absolute atomic E-state index is 0.0112.